The van der Waals surface area contributed by atoms with Crippen molar-refractivity contribution in [3.63, 3.8) is 0 Å². The molecule has 0 amide bonds. The van der Waals surface area contributed by atoms with Crippen molar-refractivity contribution in [2.75, 3.05) is 26.8 Å². The van der Waals surface area contributed by atoms with E-state index in [4.69, 9.17) is 35.5 Å². The SMILES string of the molecule is COC(=O)c1cc2c(nc(CN3CCC(c4cccc5c4OC(C)(c4ccc(Cl)cn4)O5)CC3)n2CC2CCO2)s1. The molecule has 2 fully saturated rings. The number of halogens is 1. The minimum Gasteiger partial charge on any atom is -0.465 e. The summed E-state index contributed by atoms with van der Waals surface area (Å²) in [4.78, 5) is 25.4. The number of methoxy groups -OCH3 is 1. The maximum atomic E-state index is 12.1. The Morgan fingerprint density at radius 2 is 2.02 bits per heavy atom. The molecule has 214 valence electrons. The van der Waals surface area contributed by atoms with Gasteiger partial charge in [-0.2, -0.15) is 0 Å². The Morgan fingerprint density at radius 1 is 1.20 bits per heavy atom. The topological polar surface area (TPSA) is 87.9 Å². The fraction of sp³-hybridized carbons (Fsp3) is 0.433. The van der Waals surface area contributed by atoms with E-state index in [2.05, 4.69) is 20.5 Å². The molecule has 3 aliphatic rings. The predicted octanol–water partition coefficient (Wildman–Crippen LogP) is 5.75. The van der Waals surface area contributed by atoms with Crippen molar-refractivity contribution in [3.05, 3.63) is 69.6 Å². The van der Waals surface area contributed by atoms with Crippen LogP contribution in [0.5, 0.6) is 11.5 Å². The zero-order valence-corrected chi connectivity index (χ0v) is 24.5. The quantitative estimate of drug-likeness (QED) is 0.250. The van der Waals surface area contributed by atoms with Gasteiger partial charge in [-0.25, -0.2) is 9.78 Å². The van der Waals surface area contributed by atoms with Crippen LogP contribution < -0.4 is 9.47 Å². The second kappa shape index (κ2) is 10.6. The zero-order chi connectivity index (χ0) is 28.1. The Balaban J connectivity index is 1.06. The third-order valence-electron chi connectivity index (χ3n) is 8.29. The number of benzene rings is 1. The van der Waals surface area contributed by atoms with Crippen LogP contribution in [0.4, 0.5) is 0 Å². The van der Waals surface area contributed by atoms with Crippen molar-refractivity contribution in [1.29, 1.82) is 0 Å². The van der Waals surface area contributed by atoms with Crippen LogP contribution in [0.15, 0.2) is 42.6 Å². The minimum absolute atomic E-state index is 0.189. The van der Waals surface area contributed by atoms with Crippen molar-refractivity contribution in [2.24, 2.45) is 0 Å². The highest BCUT2D eigenvalue weighted by atomic mass is 35.5. The number of fused-ring (bicyclic) bond motifs is 2. The number of piperidine rings is 1. The average Bonchev–Trinajstić information content (AvgIpc) is 3.62. The molecule has 0 spiro atoms. The summed E-state index contributed by atoms with van der Waals surface area (Å²) in [5.41, 5.74) is 2.84. The second-order valence-corrected chi connectivity index (χ2v) is 12.4. The number of nitrogens with zero attached hydrogens (tertiary/aromatic N) is 4. The first-order valence-electron chi connectivity index (χ1n) is 13.9. The van der Waals surface area contributed by atoms with Gasteiger partial charge >= 0.3 is 5.97 Å². The molecule has 4 aromatic rings. The largest absolute Gasteiger partial charge is 0.465 e. The van der Waals surface area contributed by atoms with E-state index in [0.717, 1.165) is 79.7 Å². The molecule has 6 heterocycles. The summed E-state index contributed by atoms with van der Waals surface area (Å²) in [6, 6.07) is 11.7. The van der Waals surface area contributed by atoms with Gasteiger partial charge in [0.25, 0.3) is 5.79 Å². The van der Waals surface area contributed by atoms with E-state index in [1.807, 2.05) is 31.2 Å². The van der Waals surface area contributed by atoms with Gasteiger partial charge in [0, 0.05) is 25.3 Å². The third kappa shape index (κ3) is 4.97. The van der Waals surface area contributed by atoms with Crippen LogP contribution in [-0.2, 0) is 28.4 Å². The summed E-state index contributed by atoms with van der Waals surface area (Å²) in [5.74, 6) is 1.61. The molecule has 0 radical (unpaired) electrons. The normalized spacial score (nSPS) is 22.7. The number of hydrogen-bond donors (Lipinski definition) is 0. The molecular formula is C30H31ClN4O5S. The maximum Gasteiger partial charge on any atom is 0.348 e. The highest BCUT2D eigenvalue weighted by Gasteiger charge is 2.42. The summed E-state index contributed by atoms with van der Waals surface area (Å²) in [6.07, 6.45) is 4.85. The smallest absolute Gasteiger partial charge is 0.348 e. The van der Waals surface area contributed by atoms with Crippen LogP contribution >= 0.6 is 22.9 Å². The number of aromatic nitrogens is 3. The number of rotatable bonds is 7. The van der Waals surface area contributed by atoms with Gasteiger partial charge in [-0.15, -0.1) is 11.3 Å². The molecule has 9 nitrogen and oxygen atoms in total. The van der Waals surface area contributed by atoms with Crippen LogP contribution in [0.1, 0.15) is 58.9 Å². The van der Waals surface area contributed by atoms with Crippen LogP contribution in [0.3, 0.4) is 0 Å². The Hall–Kier alpha value is -3.18. The number of hydrogen-bond acceptors (Lipinski definition) is 9. The van der Waals surface area contributed by atoms with Gasteiger partial charge in [0.2, 0.25) is 0 Å². The van der Waals surface area contributed by atoms with Gasteiger partial charge in [0.1, 0.15) is 21.2 Å². The van der Waals surface area contributed by atoms with Crippen molar-refractivity contribution in [3.8, 4) is 11.5 Å². The number of carbonyl (C=O) groups excluding carboxylic acids is 1. The lowest BCUT2D eigenvalue weighted by Crippen LogP contribution is -2.35. The Bertz CT molecular complexity index is 1590. The standard InChI is InChI=1S/C30H31ClN4O5S/c1-30(25-7-6-19(31)15-32-25)39-23-5-3-4-21(27(23)40-30)18-8-11-34(12-9-18)17-26-33-28-22(14-24(41-28)29(36)37-2)35(26)16-20-10-13-38-20/h3-7,14-15,18,20H,8-13,16-17H2,1-2H3. The van der Waals surface area contributed by atoms with Crippen LogP contribution in [0.25, 0.3) is 10.3 Å². The number of thiophene rings is 1. The number of esters is 1. The van der Waals surface area contributed by atoms with Gasteiger partial charge < -0.3 is 23.5 Å². The molecule has 0 aliphatic carbocycles. The Kier molecular flexibility index (Phi) is 6.89. The monoisotopic (exact) mass is 594 g/mol. The van der Waals surface area contributed by atoms with Gasteiger partial charge in [-0.1, -0.05) is 23.7 Å². The molecule has 0 saturated carbocycles. The summed E-state index contributed by atoms with van der Waals surface area (Å²) in [6.45, 7) is 6.08. The van der Waals surface area contributed by atoms with Crippen molar-refractivity contribution in [1.82, 2.24) is 19.4 Å². The fourth-order valence-electron chi connectivity index (χ4n) is 5.94. The van der Waals surface area contributed by atoms with Crippen molar-refractivity contribution >= 4 is 39.3 Å². The van der Waals surface area contributed by atoms with Gasteiger partial charge in [0.15, 0.2) is 11.5 Å². The first kappa shape index (κ1) is 26.7. The molecule has 2 atom stereocenters. The predicted molar refractivity (Wildman–Crippen MR) is 155 cm³/mol. The van der Waals surface area contributed by atoms with Gasteiger partial charge in [0.05, 0.1) is 36.8 Å². The Labute approximate surface area is 246 Å². The van der Waals surface area contributed by atoms with Crippen LogP contribution in [0.2, 0.25) is 5.02 Å². The third-order valence-corrected chi connectivity index (χ3v) is 9.51. The lowest BCUT2D eigenvalue weighted by atomic mass is 9.88. The summed E-state index contributed by atoms with van der Waals surface area (Å²) in [5, 5.41) is 0.574. The molecule has 2 saturated heterocycles. The van der Waals surface area contributed by atoms with E-state index in [1.165, 1.54) is 24.0 Å². The molecule has 2 unspecified atom stereocenters. The number of para-hydroxylation sites is 1. The highest BCUT2D eigenvalue weighted by Crippen LogP contribution is 2.49. The number of imidazole rings is 1. The van der Waals surface area contributed by atoms with E-state index in [9.17, 15) is 4.79 Å². The van der Waals surface area contributed by atoms with Gasteiger partial charge in [-0.3, -0.25) is 9.88 Å². The van der Waals surface area contributed by atoms with E-state index >= 15 is 0 Å². The fourth-order valence-corrected chi connectivity index (χ4v) is 7.02. The number of ether oxygens (including phenoxy) is 4. The van der Waals surface area contributed by atoms with E-state index in [-0.39, 0.29) is 12.1 Å². The molecule has 3 aliphatic heterocycles. The molecule has 3 aromatic heterocycles. The molecular weight excluding hydrogens is 564 g/mol. The Morgan fingerprint density at radius 3 is 2.73 bits per heavy atom. The average molecular weight is 595 g/mol. The highest BCUT2D eigenvalue weighted by molar-refractivity contribution is 7.20. The first-order valence-corrected chi connectivity index (χ1v) is 15.1. The number of pyridine rings is 1. The van der Waals surface area contributed by atoms with E-state index in [1.54, 1.807) is 12.3 Å². The lowest BCUT2D eigenvalue weighted by Gasteiger charge is -2.33. The zero-order valence-electron chi connectivity index (χ0n) is 23.0. The van der Waals surface area contributed by atoms with Crippen molar-refractivity contribution in [2.45, 2.75) is 57.1 Å². The molecule has 41 heavy (non-hydrogen) atoms. The second-order valence-electron chi connectivity index (χ2n) is 10.9. The van der Waals surface area contributed by atoms with E-state index < -0.39 is 5.79 Å². The number of likely N-dealkylation sites (tertiary alicyclic amines) is 1. The van der Waals surface area contributed by atoms with Gasteiger partial charge in [-0.05, 0) is 62.5 Å². The molecule has 0 N–H and O–H groups in total. The summed E-state index contributed by atoms with van der Waals surface area (Å²) >= 11 is 7.43. The van der Waals surface area contributed by atoms with Crippen LogP contribution in [-0.4, -0.2) is 58.3 Å². The molecule has 11 heteroatoms. The van der Waals surface area contributed by atoms with E-state index in [0.29, 0.717) is 21.5 Å². The maximum absolute atomic E-state index is 12.1. The summed E-state index contributed by atoms with van der Waals surface area (Å²) in [7, 11) is 1.41. The number of carbonyl (C=O) groups is 1. The van der Waals surface area contributed by atoms with Crippen molar-refractivity contribution < 1.29 is 23.7 Å². The summed E-state index contributed by atoms with van der Waals surface area (Å²) < 4.78 is 25.6. The minimum atomic E-state index is -0.994. The lowest BCUT2D eigenvalue weighted by molar-refractivity contribution is -0.0722. The molecule has 1 aromatic carbocycles. The molecule has 0 bridgehead atoms. The first-order chi connectivity index (χ1) is 19.9. The van der Waals surface area contributed by atoms with Crippen LogP contribution in [0, 0.1) is 0 Å². The molecule has 7 rings (SSSR count).